The predicted molar refractivity (Wildman–Crippen MR) is 121 cm³/mol. The quantitative estimate of drug-likeness (QED) is 0.272. The normalized spacial score (nSPS) is 13.1. The number of guanidine groups is 1. The Balaban J connectivity index is 1.71. The van der Waals surface area contributed by atoms with Crippen molar-refractivity contribution in [2.24, 2.45) is 10.9 Å². The van der Waals surface area contributed by atoms with E-state index in [1.807, 2.05) is 37.3 Å². The van der Waals surface area contributed by atoms with Crippen LogP contribution in [0.3, 0.4) is 0 Å². The van der Waals surface area contributed by atoms with Gasteiger partial charge in [0.15, 0.2) is 5.96 Å². The zero-order valence-corrected chi connectivity index (χ0v) is 18.5. The second-order valence-corrected chi connectivity index (χ2v) is 8.73. The summed E-state index contributed by atoms with van der Waals surface area (Å²) in [4.78, 5) is 4.83. The first-order valence-electron chi connectivity index (χ1n) is 10.2. The fourth-order valence-corrected chi connectivity index (χ4v) is 3.70. The SMILES string of the molecule is CCNC(=NCC(C)COCc1ccccc1)NCCNS(=O)(=O)c1ccccc1. The minimum Gasteiger partial charge on any atom is -0.376 e. The molecule has 2 aromatic rings. The van der Waals surface area contributed by atoms with Crippen molar-refractivity contribution in [2.45, 2.75) is 25.3 Å². The summed E-state index contributed by atoms with van der Waals surface area (Å²) >= 11 is 0. The molecule has 3 N–H and O–H groups in total. The van der Waals surface area contributed by atoms with E-state index in [4.69, 9.17) is 4.74 Å². The first-order chi connectivity index (χ1) is 14.5. The van der Waals surface area contributed by atoms with E-state index in [2.05, 4.69) is 27.3 Å². The van der Waals surface area contributed by atoms with Gasteiger partial charge >= 0.3 is 0 Å². The molecule has 8 heteroatoms. The summed E-state index contributed by atoms with van der Waals surface area (Å²) in [6.45, 7) is 7.31. The Morgan fingerprint density at radius 2 is 1.67 bits per heavy atom. The van der Waals surface area contributed by atoms with Gasteiger partial charge in [-0.15, -0.1) is 0 Å². The molecule has 0 saturated carbocycles. The van der Waals surface area contributed by atoms with E-state index in [0.29, 0.717) is 32.3 Å². The fourth-order valence-electron chi connectivity index (χ4n) is 2.64. The molecule has 0 amide bonds. The van der Waals surface area contributed by atoms with Gasteiger partial charge in [-0.2, -0.15) is 0 Å². The van der Waals surface area contributed by atoms with Crippen molar-refractivity contribution < 1.29 is 13.2 Å². The van der Waals surface area contributed by atoms with E-state index in [1.54, 1.807) is 30.3 Å². The summed E-state index contributed by atoms with van der Waals surface area (Å²) < 4.78 is 32.8. The Bertz CT molecular complexity index is 858. The van der Waals surface area contributed by atoms with Gasteiger partial charge in [-0.05, 0) is 30.5 Å². The number of aliphatic imine (C=N–C) groups is 1. The summed E-state index contributed by atoms with van der Waals surface area (Å²) in [5.41, 5.74) is 1.15. The van der Waals surface area contributed by atoms with Gasteiger partial charge < -0.3 is 15.4 Å². The number of hydrogen-bond acceptors (Lipinski definition) is 4. The average molecular weight is 433 g/mol. The van der Waals surface area contributed by atoms with Gasteiger partial charge in [-0.1, -0.05) is 55.5 Å². The molecule has 0 aliphatic rings. The van der Waals surface area contributed by atoms with Gasteiger partial charge in [0.05, 0.1) is 18.1 Å². The Morgan fingerprint density at radius 1 is 1.00 bits per heavy atom. The maximum Gasteiger partial charge on any atom is 0.240 e. The van der Waals surface area contributed by atoms with Gasteiger partial charge in [0.25, 0.3) is 0 Å². The zero-order valence-electron chi connectivity index (χ0n) is 17.7. The van der Waals surface area contributed by atoms with E-state index in [-0.39, 0.29) is 17.4 Å². The van der Waals surface area contributed by atoms with Gasteiger partial charge in [-0.25, -0.2) is 13.1 Å². The lowest BCUT2D eigenvalue weighted by atomic mass is 10.2. The number of nitrogens with one attached hydrogen (secondary N) is 3. The van der Waals surface area contributed by atoms with E-state index in [1.165, 1.54) is 0 Å². The minimum atomic E-state index is -3.50. The molecule has 0 aliphatic carbocycles. The van der Waals surface area contributed by atoms with Crippen LogP contribution < -0.4 is 15.4 Å². The molecule has 7 nitrogen and oxygen atoms in total. The number of ether oxygens (including phenoxy) is 1. The highest BCUT2D eigenvalue weighted by Crippen LogP contribution is 2.06. The first kappa shape index (κ1) is 23.9. The van der Waals surface area contributed by atoms with Crippen LogP contribution in [0.2, 0.25) is 0 Å². The fraction of sp³-hybridized carbons (Fsp3) is 0.409. The maximum absolute atomic E-state index is 12.2. The molecule has 1 atom stereocenters. The van der Waals surface area contributed by atoms with E-state index < -0.39 is 10.0 Å². The molecular weight excluding hydrogens is 400 g/mol. The third-order valence-corrected chi connectivity index (χ3v) is 5.66. The van der Waals surface area contributed by atoms with Crippen LogP contribution in [0.4, 0.5) is 0 Å². The summed E-state index contributed by atoms with van der Waals surface area (Å²) in [7, 11) is -3.50. The van der Waals surface area contributed by atoms with Crippen LogP contribution in [0.1, 0.15) is 19.4 Å². The van der Waals surface area contributed by atoms with Crippen LogP contribution in [0.5, 0.6) is 0 Å². The highest BCUT2D eigenvalue weighted by atomic mass is 32.2. The number of hydrogen-bond donors (Lipinski definition) is 3. The third kappa shape index (κ3) is 8.94. The van der Waals surface area contributed by atoms with E-state index >= 15 is 0 Å². The molecule has 0 saturated heterocycles. The summed E-state index contributed by atoms with van der Waals surface area (Å²) in [5.74, 6) is 0.923. The topological polar surface area (TPSA) is 91.8 Å². The summed E-state index contributed by atoms with van der Waals surface area (Å²) in [5, 5.41) is 6.32. The third-order valence-electron chi connectivity index (χ3n) is 4.18. The number of benzene rings is 2. The largest absolute Gasteiger partial charge is 0.376 e. The van der Waals surface area contributed by atoms with Crippen molar-refractivity contribution in [1.29, 1.82) is 0 Å². The molecule has 1 unspecified atom stereocenters. The van der Waals surface area contributed by atoms with E-state index in [9.17, 15) is 8.42 Å². The lowest BCUT2D eigenvalue weighted by Crippen LogP contribution is -2.41. The zero-order chi connectivity index (χ0) is 21.7. The van der Waals surface area contributed by atoms with Crippen LogP contribution >= 0.6 is 0 Å². The highest BCUT2D eigenvalue weighted by molar-refractivity contribution is 7.89. The number of nitrogens with zero attached hydrogens (tertiary/aromatic N) is 1. The lowest BCUT2D eigenvalue weighted by molar-refractivity contribution is 0.0945. The molecule has 2 rings (SSSR count). The van der Waals surface area contributed by atoms with E-state index in [0.717, 1.165) is 12.1 Å². The van der Waals surface area contributed by atoms with Crippen LogP contribution in [0, 0.1) is 5.92 Å². The molecule has 0 fully saturated rings. The van der Waals surface area contributed by atoms with Crippen molar-refractivity contribution in [2.75, 3.05) is 32.8 Å². The van der Waals surface area contributed by atoms with Crippen molar-refractivity contribution >= 4 is 16.0 Å². The Morgan fingerprint density at radius 3 is 2.33 bits per heavy atom. The van der Waals surface area contributed by atoms with Crippen LogP contribution in [-0.4, -0.2) is 47.2 Å². The van der Waals surface area contributed by atoms with Crippen LogP contribution in [0.15, 0.2) is 70.6 Å². The van der Waals surface area contributed by atoms with Crippen molar-refractivity contribution in [3.63, 3.8) is 0 Å². The smallest absolute Gasteiger partial charge is 0.240 e. The standard InChI is InChI=1S/C22H32N4O3S/c1-3-23-22(24-14-15-26-30(27,28)21-12-8-5-9-13-21)25-16-19(2)17-29-18-20-10-6-4-7-11-20/h4-13,19,26H,3,14-18H2,1-2H3,(H2,23,24,25). The van der Waals surface area contributed by atoms with Crippen LogP contribution in [0.25, 0.3) is 0 Å². The Kier molecular flexibility index (Phi) is 10.3. The molecule has 0 bridgehead atoms. The molecule has 164 valence electrons. The molecule has 0 radical (unpaired) electrons. The van der Waals surface area contributed by atoms with Crippen LogP contribution in [-0.2, 0) is 21.4 Å². The maximum atomic E-state index is 12.2. The van der Waals surface area contributed by atoms with Crippen molar-refractivity contribution in [3.05, 3.63) is 66.2 Å². The lowest BCUT2D eigenvalue weighted by Gasteiger charge is -2.14. The van der Waals surface area contributed by atoms with Gasteiger partial charge in [0.1, 0.15) is 0 Å². The summed E-state index contributed by atoms with van der Waals surface area (Å²) in [6, 6.07) is 18.4. The number of rotatable bonds is 12. The highest BCUT2D eigenvalue weighted by Gasteiger charge is 2.12. The molecule has 30 heavy (non-hydrogen) atoms. The monoisotopic (exact) mass is 432 g/mol. The molecule has 0 spiro atoms. The summed E-state index contributed by atoms with van der Waals surface area (Å²) in [6.07, 6.45) is 0. The second-order valence-electron chi connectivity index (χ2n) is 6.96. The second kappa shape index (κ2) is 13.0. The van der Waals surface area contributed by atoms with Crippen molar-refractivity contribution in [1.82, 2.24) is 15.4 Å². The first-order valence-corrected chi connectivity index (χ1v) is 11.7. The molecule has 0 aliphatic heterocycles. The average Bonchev–Trinajstić information content (AvgIpc) is 2.76. The molecule has 0 aromatic heterocycles. The van der Waals surface area contributed by atoms with Gasteiger partial charge in [0, 0.05) is 26.2 Å². The van der Waals surface area contributed by atoms with Gasteiger partial charge in [-0.3, -0.25) is 4.99 Å². The molecular formula is C22H32N4O3S. The minimum absolute atomic E-state index is 0.259. The number of sulfonamides is 1. The van der Waals surface area contributed by atoms with Gasteiger partial charge in [0.2, 0.25) is 10.0 Å². The Hall–Kier alpha value is -2.42. The predicted octanol–water partition coefficient (Wildman–Crippen LogP) is 2.37. The van der Waals surface area contributed by atoms with Crippen molar-refractivity contribution in [3.8, 4) is 0 Å². The Labute approximate surface area is 180 Å². The molecule has 0 heterocycles. The molecule has 2 aromatic carbocycles.